The minimum absolute atomic E-state index is 0.274. The highest BCUT2D eigenvalue weighted by atomic mass is 16.3. The summed E-state index contributed by atoms with van der Waals surface area (Å²) in [6, 6.07) is 4.27. The van der Waals surface area contributed by atoms with Gasteiger partial charge in [-0.1, -0.05) is 0 Å². The first-order valence-corrected chi connectivity index (χ1v) is 6.42. The molecule has 0 aliphatic rings. The number of aromatic nitrogens is 2. The molecule has 2 rings (SSSR count). The minimum Gasteiger partial charge on any atom is -0.465 e. The molecule has 0 saturated heterocycles. The molecule has 0 radical (unpaired) electrons. The largest absolute Gasteiger partial charge is 0.465 e. The van der Waals surface area contributed by atoms with Crippen molar-refractivity contribution in [3.8, 4) is 0 Å². The highest BCUT2D eigenvalue weighted by molar-refractivity contribution is 5.20. The molecule has 1 atom stereocenters. The van der Waals surface area contributed by atoms with Crippen LogP contribution in [-0.2, 0) is 13.1 Å². The van der Waals surface area contributed by atoms with E-state index in [0.717, 1.165) is 24.6 Å². The van der Waals surface area contributed by atoms with E-state index in [-0.39, 0.29) is 6.04 Å². The number of hydrogen-bond donors (Lipinski definition) is 1. The number of nitrogens with zero attached hydrogens (tertiary/aromatic N) is 2. The van der Waals surface area contributed by atoms with Gasteiger partial charge in [0.15, 0.2) is 0 Å². The van der Waals surface area contributed by atoms with E-state index in [1.54, 1.807) is 0 Å². The van der Waals surface area contributed by atoms with Crippen molar-refractivity contribution < 1.29 is 4.42 Å². The van der Waals surface area contributed by atoms with Gasteiger partial charge in [0.05, 0.1) is 12.7 Å². The van der Waals surface area contributed by atoms with Gasteiger partial charge in [0.25, 0.3) is 0 Å². The third-order valence-corrected chi connectivity index (χ3v) is 3.29. The first-order chi connectivity index (χ1) is 8.61. The number of hydrogen-bond acceptors (Lipinski definition) is 3. The molecule has 4 heteroatoms. The van der Waals surface area contributed by atoms with Gasteiger partial charge < -0.3 is 9.73 Å². The van der Waals surface area contributed by atoms with Crippen molar-refractivity contribution in [1.29, 1.82) is 0 Å². The number of rotatable bonds is 5. The van der Waals surface area contributed by atoms with Crippen molar-refractivity contribution >= 4 is 0 Å². The van der Waals surface area contributed by atoms with Crippen LogP contribution in [0.25, 0.3) is 0 Å². The third kappa shape index (κ3) is 2.64. The van der Waals surface area contributed by atoms with Crippen molar-refractivity contribution in [3.63, 3.8) is 0 Å². The van der Waals surface area contributed by atoms with E-state index in [0.29, 0.717) is 0 Å². The van der Waals surface area contributed by atoms with E-state index in [9.17, 15) is 0 Å². The molecule has 0 saturated carbocycles. The summed E-state index contributed by atoms with van der Waals surface area (Å²) in [5.41, 5.74) is 2.48. The summed E-state index contributed by atoms with van der Waals surface area (Å²) in [4.78, 5) is 0. The van der Waals surface area contributed by atoms with E-state index < -0.39 is 0 Å². The molecule has 0 bridgehead atoms. The predicted molar refractivity (Wildman–Crippen MR) is 71.3 cm³/mol. The molecule has 1 N–H and O–H groups in total. The molecule has 2 aromatic rings. The van der Waals surface area contributed by atoms with Crippen LogP contribution in [0.1, 0.15) is 42.7 Å². The van der Waals surface area contributed by atoms with Crippen LogP contribution < -0.4 is 5.32 Å². The molecule has 0 spiro atoms. The lowest BCUT2D eigenvalue weighted by Crippen LogP contribution is -2.18. The molecule has 0 aliphatic heterocycles. The second-order valence-electron chi connectivity index (χ2n) is 4.62. The Morgan fingerprint density at radius 1 is 1.39 bits per heavy atom. The summed E-state index contributed by atoms with van der Waals surface area (Å²) in [6.07, 6.45) is 1.95. The maximum Gasteiger partial charge on any atom is 0.117 e. The van der Waals surface area contributed by atoms with E-state index in [1.165, 1.54) is 11.3 Å². The maximum absolute atomic E-state index is 5.54. The van der Waals surface area contributed by atoms with Gasteiger partial charge >= 0.3 is 0 Å². The molecule has 98 valence electrons. The van der Waals surface area contributed by atoms with Crippen molar-refractivity contribution in [2.24, 2.45) is 0 Å². The monoisotopic (exact) mass is 247 g/mol. The van der Waals surface area contributed by atoms with E-state index >= 15 is 0 Å². The van der Waals surface area contributed by atoms with Gasteiger partial charge in [0, 0.05) is 23.8 Å². The maximum atomic E-state index is 5.54. The summed E-state index contributed by atoms with van der Waals surface area (Å²) in [7, 11) is 0. The summed E-state index contributed by atoms with van der Waals surface area (Å²) >= 11 is 0. The molecule has 0 amide bonds. The van der Waals surface area contributed by atoms with Crippen molar-refractivity contribution in [1.82, 2.24) is 15.1 Å². The summed E-state index contributed by atoms with van der Waals surface area (Å²) in [5.74, 6) is 1.93. The summed E-state index contributed by atoms with van der Waals surface area (Å²) < 4.78 is 7.56. The zero-order valence-electron chi connectivity index (χ0n) is 11.5. The Morgan fingerprint density at radius 3 is 2.72 bits per heavy atom. The van der Waals surface area contributed by atoms with E-state index in [1.807, 2.05) is 29.9 Å². The molecular weight excluding hydrogens is 226 g/mol. The fourth-order valence-corrected chi connectivity index (χ4v) is 2.15. The van der Waals surface area contributed by atoms with Crippen LogP contribution in [0.3, 0.4) is 0 Å². The standard InChI is InChI=1S/C14H21N3O/c1-5-17-12(4)14(9-16-17)11(3)15-8-13-7-6-10(2)18-13/h6-7,9,11,15H,5,8H2,1-4H3. The Hall–Kier alpha value is -1.55. The first kappa shape index (κ1) is 12.9. The zero-order chi connectivity index (χ0) is 13.1. The lowest BCUT2D eigenvalue weighted by molar-refractivity contribution is 0.443. The molecule has 2 heterocycles. The molecule has 0 aromatic carbocycles. The van der Waals surface area contributed by atoms with Gasteiger partial charge in [-0.2, -0.15) is 5.10 Å². The first-order valence-electron chi connectivity index (χ1n) is 6.42. The lowest BCUT2D eigenvalue weighted by atomic mass is 10.1. The second kappa shape index (κ2) is 5.40. The summed E-state index contributed by atoms with van der Waals surface area (Å²) in [6.45, 7) is 9.98. The van der Waals surface area contributed by atoms with Gasteiger partial charge in [0.2, 0.25) is 0 Å². The molecule has 0 aliphatic carbocycles. The van der Waals surface area contributed by atoms with Crippen LogP contribution >= 0.6 is 0 Å². The van der Waals surface area contributed by atoms with Crippen LogP contribution in [0, 0.1) is 13.8 Å². The average Bonchev–Trinajstić information content (AvgIpc) is 2.92. The smallest absolute Gasteiger partial charge is 0.117 e. The SMILES string of the molecule is CCn1ncc(C(C)NCc2ccc(C)o2)c1C. The van der Waals surface area contributed by atoms with Crippen molar-refractivity contribution in [2.45, 2.75) is 46.8 Å². The van der Waals surface area contributed by atoms with Gasteiger partial charge in [-0.15, -0.1) is 0 Å². The van der Waals surface area contributed by atoms with Crippen LogP contribution in [0.2, 0.25) is 0 Å². The Labute approximate surface area is 108 Å². The molecule has 1 unspecified atom stereocenters. The van der Waals surface area contributed by atoms with Gasteiger partial charge in [-0.3, -0.25) is 4.68 Å². The topological polar surface area (TPSA) is 43.0 Å². The Morgan fingerprint density at radius 2 is 2.17 bits per heavy atom. The quantitative estimate of drug-likeness (QED) is 0.883. The number of nitrogens with one attached hydrogen (secondary N) is 1. The van der Waals surface area contributed by atoms with Crippen molar-refractivity contribution in [3.05, 3.63) is 41.1 Å². The Bertz CT molecular complexity index is 513. The summed E-state index contributed by atoms with van der Waals surface area (Å²) in [5, 5.41) is 7.83. The second-order valence-corrected chi connectivity index (χ2v) is 4.62. The molecule has 2 aromatic heterocycles. The Kier molecular flexibility index (Phi) is 3.87. The van der Waals surface area contributed by atoms with Crippen LogP contribution in [0.15, 0.2) is 22.7 Å². The molecular formula is C14H21N3O. The van der Waals surface area contributed by atoms with E-state index in [2.05, 4.69) is 31.2 Å². The Balaban J connectivity index is 1.99. The van der Waals surface area contributed by atoms with Gasteiger partial charge in [-0.25, -0.2) is 0 Å². The minimum atomic E-state index is 0.274. The average molecular weight is 247 g/mol. The van der Waals surface area contributed by atoms with Gasteiger partial charge in [0.1, 0.15) is 11.5 Å². The molecule has 4 nitrogen and oxygen atoms in total. The predicted octanol–water partition coefficient (Wildman–Crippen LogP) is 2.96. The van der Waals surface area contributed by atoms with E-state index in [4.69, 9.17) is 4.42 Å². The normalized spacial score (nSPS) is 12.9. The number of aryl methyl sites for hydroxylation is 2. The van der Waals surface area contributed by atoms with Gasteiger partial charge in [-0.05, 0) is 39.8 Å². The fourth-order valence-electron chi connectivity index (χ4n) is 2.15. The highest BCUT2D eigenvalue weighted by Gasteiger charge is 2.12. The van der Waals surface area contributed by atoms with Crippen molar-refractivity contribution in [2.75, 3.05) is 0 Å². The van der Waals surface area contributed by atoms with Crippen LogP contribution in [0.5, 0.6) is 0 Å². The highest BCUT2D eigenvalue weighted by Crippen LogP contribution is 2.17. The fraction of sp³-hybridized carbons (Fsp3) is 0.500. The molecule has 0 fully saturated rings. The molecule has 18 heavy (non-hydrogen) atoms. The van der Waals surface area contributed by atoms with Crippen LogP contribution in [-0.4, -0.2) is 9.78 Å². The lowest BCUT2D eigenvalue weighted by Gasteiger charge is -2.12. The third-order valence-electron chi connectivity index (χ3n) is 3.29. The number of furan rings is 1. The van der Waals surface area contributed by atoms with Crippen LogP contribution in [0.4, 0.5) is 0 Å². The zero-order valence-corrected chi connectivity index (χ0v) is 11.5.